The van der Waals surface area contributed by atoms with Crippen LogP contribution in [0.15, 0.2) is 47.4 Å². The van der Waals surface area contributed by atoms with Gasteiger partial charge in [0.05, 0.1) is 21.7 Å². The fourth-order valence-electron chi connectivity index (χ4n) is 1.72. The highest BCUT2D eigenvalue weighted by Crippen LogP contribution is 2.27. The molecule has 0 heterocycles. The molecule has 0 saturated heterocycles. The molecule has 0 fully saturated rings. The number of halogens is 2. The topological polar surface area (TPSA) is 66.4 Å². The largest absolute Gasteiger partial charge is 0.389 e. The minimum atomic E-state index is -3.75. The van der Waals surface area contributed by atoms with Gasteiger partial charge in [0.25, 0.3) is 10.0 Å². The third kappa shape index (κ3) is 4.09. The van der Waals surface area contributed by atoms with Crippen molar-refractivity contribution in [2.75, 3.05) is 4.72 Å². The predicted molar refractivity (Wildman–Crippen MR) is 92.1 cm³/mol. The van der Waals surface area contributed by atoms with Crippen molar-refractivity contribution in [2.24, 2.45) is 0 Å². The predicted octanol–water partition coefficient (Wildman–Crippen LogP) is 3.80. The Morgan fingerprint density at radius 2 is 1.95 bits per heavy atom. The molecule has 0 amide bonds. The second-order valence-corrected chi connectivity index (χ2v) is 7.81. The van der Waals surface area contributed by atoms with Gasteiger partial charge in [-0.25, -0.2) is 8.42 Å². The first-order valence-corrected chi connectivity index (χ1v) is 8.99. The Hall–Kier alpha value is -0.830. The van der Waals surface area contributed by atoms with Gasteiger partial charge in [0.15, 0.2) is 0 Å². The molecule has 0 saturated carbocycles. The lowest BCUT2D eigenvalue weighted by atomic mass is 10.1. The van der Waals surface area contributed by atoms with Crippen molar-refractivity contribution in [3.8, 4) is 0 Å². The van der Waals surface area contributed by atoms with E-state index in [9.17, 15) is 13.5 Å². The molecule has 0 bridgehead atoms. The van der Waals surface area contributed by atoms with Gasteiger partial charge in [0.2, 0.25) is 0 Å². The quantitative estimate of drug-likeness (QED) is 0.715. The third-order valence-corrected chi connectivity index (χ3v) is 5.17. The Labute approximate surface area is 142 Å². The van der Waals surface area contributed by atoms with E-state index in [4.69, 9.17) is 11.6 Å². The van der Waals surface area contributed by atoms with Gasteiger partial charge in [-0.3, -0.25) is 4.72 Å². The molecule has 0 aromatic heterocycles. The molecule has 4 nitrogen and oxygen atoms in total. The smallest absolute Gasteiger partial charge is 0.261 e. The fraction of sp³-hybridized carbons (Fsp3) is 0.143. The molecule has 1 unspecified atom stereocenters. The van der Waals surface area contributed by atoms with E-state index in [0.717, 1.165) is 3.57 Å². The van der Waals surface area contributed by atoms with Crippen molar-refractivity contribution in [1.29, 1.82) is 0 Å². The zero-order valence-electron chi connectivity index (χ0n) is 11.0. The number of aliphatic hydroxyl groups excluding tert-OH is 1. The average molecular weight is 438 g/mol. The number of hydrogen-bond acceptors (Lipinski definition) is 3. The molecule has 0 radical (unpaired) electrons. The van der Waals surface area contributed by atoms with E-state index in [-0.39, 0.29) is 4.90 Å². The first-order chi connectivity index (χ1) is 9.79. The summed E-state index contributed by atoms with van der Waals surface area (Å²) in [5.74, 6) is 0. The molecule has 2 N–H and O–H groups in total. The van der Waals surface area contributed by atoms with Crippen LogP contribution in [0.25, 0.3) is 0 Å². The lowest BCUT2D eigenvalue weighted by molar-refractivity contribution is 0.199. The van der Waals surface area contributed by atoms with Gasteiger partial charge >= 0.3 is 0 Å². The molecule has 0 aliphatic rings. The Kier molecular flexibility index (Phi) is 5.13. The van der Waals surface area contributed by atoms with Crippen molar-refractivity contribution < 1.29 is 13.5 Å². The molecule has 0 aliphatic carbocycles. The molecule has 2 aromatic carbocycles. The van der Waals surface area contributed by atoms with Crippen molar-refractivity contribution >= 4 is 49.9 Å². The third-order valence-electron chi connectivity index (χ3n) is 2.83. The summed E-state index contributed by atoms with van der Waals surface area (Å²) in [7, 11) is -3.75. The van der Waals surface area contributed by atoms with Gasteiger partial charge in [-0.05, 0) is 65.4 Å². The van der Waals surface area contributed by atoms with Crippen molar-refractivity contribution in [1.82, 2.24) is 0 Å². The van der Waals surface area contributed by atoms with E-state index in [2.05, 4.69) is 27.3 Å². The number of benzene rings is 2. The minimum absolute atomic E-state index is 0.0792. The Bertz CT molecular complexity index is 763. The molecular formula is C14H13ClINO3S. The molecule has 0 spiro atoms. The van der Waals surface area contributed by atoms with E-state index in [1.54, 1.807) is 37.3 Å². The van der Waals surface area contributed by atoms with Crippen LogP contribution >= 0.6 is 34.2 Å². The Morgan fingerprint density at radius 1 is 1.24 bits per heavy atom. The number of sulfonamides is 1. The zero-order chi connectivity index (χ0) is 15.6. The Morgan fingerprint density at radius 3 is 2.57 bits per heavy atom. The molecule has 1 atom stereocenters. The van der Waals surface area contributed by atoms with E-state index in [0.29, 0.717) is 16.3 Å². The fourth-order valence-corrected chi connectivity index (χ4v) is 3.81. The van der Waals surface area contributed by atoms with Gasteiger partial charge in [0.1, 0.15) is 0 Å². The molecule has 21 heavy (non-hydrogen) atoms. The van der Waals surface area contributed by atoms with Crippen LogP contribution in [0.3, 0.4) is 0 Å². The highest BCUT2D eigenvalue weighted by atomic mass is 127. The van der Waals surface area contributed by atoms with E-state index >= 15 is 0 Å². The van der Waals surface area contributed by atoms with Crippen LogP contribution in [0, 0.1) is 3.57 Å². The highest BCUT2D eigenvalue weighted by Gasteiger charge is 2.17. The van der Waals surface area contributed by atoms with Crippen molar-refractivity contribution in [2.45, 2.75) is 17.9 Å². The molecular weight excluding hydrogens is 425 g/mol. The standard InChI is InChI=1S/C14H13ClINO3S/c1-9(18)10-3-2-4-12(7-10)21(19,20)17-14-6-5-11(16)8-13(14)15/h2-9,17-18H,1H3. The van der Waals surface area contributed by atoms with Crippen LogP contribution in [0.2, 0.25) is 5.02 Å². The number of rotatable bonds is 4. The van der Waals surface area contributed by atoms with Crippen molar-refractivity contribution in [3.63, 3.8) is 0 Å². The number of hydrogen-bond donors (Lipinski definition) is 2. The van der Waals surface area contributed by atoms with Crippen LogP contribution in [-0.2, 0) is 10.0 Å². The van der Waals surface area contributed by atoms with Gasteiger partial charge in [0, 0.05) is 3.57 Å². The summed E-state index contributed by atoms with van der Waals surface area (Å²) < 4.78 is 28.1. The van der Waals surface area contributed by atoms with Crippen LogP contribution in [0.5, 0.6) is 0 Å². The second kappa shape index (κ2) is 6.51. The summed E-state index contributed by atoms with van der Waals surface area (Å²) in [6.07, 6.45) is -0.734. The lowest BCUT2D eigenvalue weighted by Gasteiger charge is -2.11. The molecule has 112 valence electrons. The van der Waals surface area contributed by atoms with Crippen molar-refractivity contribution in [3.05, 3.63) is 56.6 Å². The monoisotopic (exact) mass is 437 g/mol. The normalized spacial score (nSPS) is 13.0. The number of anilines is 1. The maximum absolute atomic E-state index is 12.4. The maximum Gasteiger partial charge on any atom is 0.261 e. The molecule has 2 aromatic rings. The van der Waals surface area contributed by atoms with Gasteiger partial charge in [-0.15, -0.1) is 0 Å². The van der Waals surface area contributed by atoms with Crippen LogP contribution in [0.4, 0.5) is 5.69 Å². The summed E-state index contributed by atoms with van der Waals surface area (Å²) in [5.41, 5.74) is 0.853. The van der Waals surface area contributed by atoms with Crippen LogP contribution in [0.1, 0.15) is 18.6 Å². The summed E-state index contributed by atoms with van der Waals surface area (Å²) in [6, 6.07) is 11.2. The SMILES string of the molecule is CC(O)c1cccc(S(=O)(=O)Nc2ccc(I)cc2Cl)c1. The van der Waals surface area contributed by atoms with E-state index in [1.807, 2.05) is 0 Å². The number of aliphatic hydroxyl groups is 1. The number of nitrogens with one attached hydrogen (secondary N) is 1. The minimum Gasteiger partial charge on any atom is -0.389 e. The summed E-state index contributed by atoms with van der Waals surface area (Å²) in [6.45, 7) is 1.58. The summed E-state index contributed by atoms with van der Waals surface area (Å²) in [4.78, 5) is 0.0792. The zero-order valence-corrected chi connectivity index (χ0v) is 14.8. The maximum atomic E-state index is 12.4. The van der Waals surface area contributed by atoms with Crippen LogP contribution < -0.4 is 4.72 Å². The first-order valence-electron chi connectivity index (χ1n) is 6.05. The first kappa shape index (κ1) is 16.5. The van der Waals surface area contributed by atoms with E-state index in [1.165, 1.54) is 12.1 Å². The van der Waals surface area contributed by atoms with E-state index < -0.39 is 16.1 Å². The summed E-state index contributed by atoms with van der Waals surface area (Å²) >= 11 is 8.13. The average Bonchev–Trinajstić information content (AvgIpc) is 2.42. The molecule has 7 heteroatoms. The Balaban J connectivity index is 2.36. The highest BCUT2D eigenvalue weighted by molar-refractivity contribution is 14.1. The van der Waals surface area contributed by atoms with Crippen LogP contribution in [-0.4, -0.2) is 13.5 Å². The lowest BCUT2D eigenvalue weighted by Crippen LogP contribution is -2.13. The summed E-state index contributed by atoms with van der Waals surface area (Å²) in [5, 5.41) is 9.87. The molecule has 2 rings (SSSR count). The second-order valence-electron chi connectivity index (χ2n) is 4.48. The van der Waals surface area contributed by atoms with Gasteiger partial charge in [-0.2, -0.15) is 0 Å². The molecule has 0 aliphatic heterocycles. The van der Waals surface area contributed by atoms with Gasteiger partial charge in [-0.1, -0.05) is 23.7 Å². The van der Waals surface area contributed by atoms with Gasteiger partial charge < -0.3 is 5.11 Å².